The van der Waals surface area contributed by atoms with Crippen LogP contribution in [-0.2, 0) is 20.0 Å². The number of sulfonamides is 2. The number of nitrogens with zero attached hydrogens (tertiary/aromatic N) is 3. The lowest BCUT2D eigenvalue weighted by Crippen LogP contribution is -2.23. The highest BCUT2D eigenvalue weighted by Gasteiger charge is 2.32. The Morgan fingerprint density at radius 1 is 1.12 bits per heavy atom. The van der Waals surface area contributed by atoms with Gasteiger partial charge in [-0.2, -0.15) is 5.21 Å². The van der Waals surface area contributed by atoms with E-state index in [-0.39, 0.29) is 17.3 Å². The van der Waals surface area contributed by atoms with Gasteiger partial charge in [0.05, 0.1) is 0 Å². The number of primary sulfonamides is 2. The van der Waals surface area contributed by atoms with Gasteiger partial charge in [-0.1, -0.05) is 6.07 Å². The van der Waals surface area contributed by atoms with Crippen molar-refractivity contribution in [3.05, 3.63) is 17.7 Å². The first-order valence-electron chi connectivity index (χ1n) is 6.86. The molecule has 1 saturated heterocycles. The molecular formula is C11H15N7O4S2. The molecule has 11 nitrogen and oxygen atoms in total. The molecule has 0 aliphatic carbocycles. The van der Waals surface area contributed by atoms with Crippen LogP contribution < -0.4 is 15.6 Å². The van der Waals surface area contributed by atoms with Crippen LogP contribution in [0.1, 0.15) is 17.9 Å². The summed E-state index contributed by atoms with van der Waals surface area (Å²) in [5, 5.41) is 26.8. The fraction of sp³-hybridized carbons (Fsp3) is 0.364. The van der Waals surface area contributed by atoms with Crippen LogP contribution in [0, 0.1) is 0 Å². The van der Waals surface area contributed by atoms with E-state index in [4.69, 9.17) is 10.3 Å². The summed E-state index contributed by atoms with van der Waals surface area (Å²) < 4.78 is 48.0. The molecule has 2 aromatic rings. The van der Waals surface area contributed by atoms with Gasteiger partial charge in [0.1, 0.15) is 9.79 Å². The van der Waals surface area contributed by atoms with E-state index in [0.29, 0.717) is 12.1 Å². The maximum absolute atomic E-state index is 12.1. The maximum atomic E-state index is 12.1. The molecule has 0 saturated carbocycles. The Balaban J connectivity index is 2.43. The molecule has 24 heavy (non-hydrogen) atoms. The van der Waals surface area contributed by atoms with Gasteiger partial charge >= 0.3 is 0 Å². The van der Waals surface area contributed by atoms with E-state index in [1.807, 2.05) is 0 Å². The number of H-pyrrole nitrogens is 1. The summed E-state index contributed by atoms with van der Waals surface area (Å²) in [6.07, 6.45) is 0.740. The highest BCUT2D eigenvalue weighted by atomic mass is 32.2. The van der Waals surface area contributed by atoms with E-state index >= 15 is 0 Å². The molecule has 1 aliphatic heterocycles. The Morgan fingerprint density at radius 2 is 1.88 bits per heavy atom. The monoisotopic (exact) mass is 373 g/mol. The molecule has 2 heterocycles. The SMILES string of the molecule is NS(=O)(=O)c1ccc([C@H]2CCNC2)c(-c2nn[nH]n2)c1S(N)(=O)=O. The molecule has 0 bridgehead atoms. The first-order valence-corrected chi connectivity index (χ1v) is 9.96. The first-order chi connectivity index (χ1) is 11.2. The van der Waals surface area contributed by atoms with Gasteiger partial charge in [0, 0.05) is 12.1 Å². The Labute approximate surface area is 137 Å². The number of hydrogen-bond donors (Lipinski definition) is 4. The summed E-state index contributed by atoms with van der Waals surface area (Å²) in [6, 6.07) is 2.66. The van der Waals surface area contributed by atoms with Crippen LogP contribution in [0.4, 0.5) is 0 Å². The summed E-state index contributed by atoms with van der Waals surface area (Å²) in [5.41, 5.74) is 0.573. The Bertz CT molecular complexity index is 964. The number of hydrogen-bond acceptors (Lipinski definition) is 8. The lowest BCUT2D eigenvalue weighted by Gasteiger charge is -2.18. The van der Waals surface area contributed by atoms with Gasteiger partial charge in [-0.05, 0) is 35.7 Å². The number of rotatable bonds is 4. The lowest BCUT2D eigenvalue weighted by molar-refractivity contribution is 0.584. The topological polar surface area (TPSA) is 187 Å². The first kappa shape index (κ1) is 16.9. The van der Waals surface area contributed by atoms with Crippen LogP contribution in [0.15, 0.2) is 21.9 Å². The predicted molar refractivity (Wildman–Crippen MR) is 82.6 cm³/mol. The fourth-order valence-electron chi connectivity index (χ4n) is 2.84. The summed E-state index contributed by atoms with van der Waals surface area (Å²) in [4.78, 5) is -1.21. The minimum Gasteiger partial charge on any atom is -0.316 e. The second kappa shape index (κ2) is 5.86. The van der Waals surface area contributed by atoms with Crippen LogP contribution in [0.2, 0.25) is 0 Å². The minimum absolute atomic E-state index is 0.00600. The molecule has 0 spiro atoms. The zero-order chi connectivity index (χ0) is 17.5. The van der Waals surface area contributed by atoms with E-state index < -0.39 is 29.8 Å². The molecule has 0 amide bonds. The number of nitrogens with two attached hydrogens (primary N) is 2. The number of aromatic amines is 1. The van der Waals surface area contributed by atoms with Crippen molar-refractivity contribution in [3.63, 3.8) is 0 Å². The molecule has 6 N–H and O–H groups in total. The normalized spacial score (nSPS) is 18.8. The average molecular weight is 373 g/mol. The lowest BCUT2D eigenvalue weighted by atomic mass is 9.93. The van der Waals surface area contributed by atoms with Crippen molar-refractivity contribution in [2.45, 2.75) is 22.1 Å². The van der Waals surface area contributed by atoms with Crippen molar-refractivity contribution in [3.8, 4) is 11.4 Å². The van der Waals surface area contributed by atoms with Gasteiger partial charge in [-0.15, -0.1) is 10.2 Å². The summed E-state index contributed by atoms with van der Waals surface area (Å²) >= 11 is 0. The maximum Gasteiger partial charge on any atom is 0.240 e. The third kappa shape index (κ3) is 3.03. The largest absolute Gasteiger partial charge is 0.316 e. The second-order valence-electron chi connectivity index (χ2n) is 5.37. The third-order valence-corrected chi connectivity index (χ3v) is 5.89. The number of tetrazole rings is 1. The van der Waals surface area contributed by atoms with Gasteiger partial charge < -0.3 is 5.32 Å². The van der Waals surface area contributed by atoms with Crippen molar-refractivity contribution in [1.82, 2.24) is 25.9 Å². The van der Waals surface area contributed by atoms with E-state index in [2.05, 4.69) is 25.9 Å². The molecule has 0 unspecified atom stereocenters. The highest BCUT2D eigenvalue weighted by Crippen LogP contribution is 2.38. The molecule has 1 aliphatic rings. The van der Waals surface area contributed by atoms with Gasteiger partial charge in [-0.25, -0.2) is 27.1 Å². The minimum atomic E-state index is -4.43. The molecule has 130 valence electrons. The average Bonchev–Trinajstić information content (AvgIpc) is 3.17. The highest BCUT2D eigenvalue weighted by molar-refractivity contribution is 7.92. The second-order valence-corrected chi connectivity index (χ2v) is 8.40. The smallest absolute Gasteiger partial charge is 0.240 e. The summed E-state index contributed by atoms with van der Waals surface area (Å²) in [5.74, 6) is -0.111. The van der Waals surface area contributed by atoms with Crippen molar-refractivity contribution >= 4 is 20.0 Å². The van der Waals surface area contributed by atoms with Crippen molar-refractivity contribution in [2.75, 3.05) is 13.1 Å². The zero-order valence-corrected chi connectivity index (χ0v) is 13.9. The van der Waals surface area contributed by atoms with Crippen LogP contribution >= 0.6 is 0 Å². The van der Waals surface area contributed by atoms with Gasteiger partial charge in [-0.3, -0.25) is 0 Å². The quantitative estimate of drug-likeness (QED) is 0.485. The molecule has 13 heteroatoms. The Kier molecular flexibility index (Phi) is 4.13. The molecule has 1 atom stereocenters. The Morgan fingerprint density at radius 3 is 2.38 bits per heavy atom. The van der Waals surface area contributed by atoms with Crippen LogP contribution in [-0.4, -0.2) is 50.5 Å². The van der Waals surface area contributed by atoms with Crippen molar-refractivity contribution in [1.29, 1.82) is 0 Å². The van der Waals surface area contributed by atoms with Gasteiger partial charge in [0.2, 0.25) is 25.9 Å². The van der Waals surface area contributed by atoms with E-state index in [1.165, 1.54) is 6.07 Å². The van der Waals surface area contributed by atoms with Crippen LogP contribution in [0.3, 0.4) is 0 Å². The van der Waals surface area contributed by atoms with Gasteiger partial charge in [0.15, 0.2) is 0 Å². The summed E-state index contributed by atoms with van der Waals surface area (Å²) in [7, 11) is -8.76. The van der Waals surface area contributed by atoms with E-state index in [1.54, 1.807) is 0 Å². The molecule has 1 aromatic heterocycles. The van der Waals surface area contributed by atoms with Gasteiger partial charge in [0.25, 0.3) is 0 Å². The zero-order valence-electron chi connectivity index (χ0n) is 12.3. The molecule has 1 fully saturated rings. The Hall–Kier alpha value is -1.93. The van der Waals surface area contributed by atoms with E-state index in [0.717, 1.165) is 19.0 Å². The number of aromatic nitrogens is 4. The number of benzene rings is 1. The van der Waals surface area contributed by atoms with Crippen molar-refractivity contribution in [2.24, 2.45) is 10.3 Å². The fourth-order valence-corrected chi connectivity index (χ4v) is 5.00. The van der Waals surface area contributed by atoms with Crippen LogP contribution in [0.25, 0.3) is 11.4 Å². The standard InChI is InChI=1S/C11H15N7O4S2/c12-23(19,20)8-2-1-7(6-3-4-14-5-6)9(10(8)24(13,21)22)11-15-17-18-16-11/h1-2,6,14H,3-5H2,(H2,12,19,20)(H2,13,21,22)(H,15,16,17,18)/t6-/m0/s1. The number of nitrogens with one attached hydrogen (secondary N) is 2. The summed E-state index contributed by atoms with van der Waals surface area (Å²) in [6.45, 7) is 1.35. The van der Waals surface area contributed by atoms with E-state index in [9.17, 15) is 16.8 Å². The third-order valence-electron chi connectivity index (χ3n) is 3.81. The molecule has 3 rings (SSSR count). The van der Waals surface area contributed by atoms with Crippen molar-refractivity contribution < 1.29 is 16.8 Å². The molecule has 0 radical (unpaired) electrons. The molecule has 1 aromatic carbocycles. The van der Waals surface area contributed by atoms with Crippen LogP contribution in [0.5, 0.6) is 0 Å². The molecular weight excluding hydrogens is 358 g/mol. The predicted octanol–water partition coefficient (Wildman–Crippen LogP) is -1.76.